The maximum atomic E-state index is 13.1. The number of unbranched alkanes of at least 4 members (excludes halogenated alkanes) is 3. The quantitative estimate of drug-likeness (QED) is 0.0478. The number of carbonyl (C=O) groups is 3. The molecule has 7 nitrogen and oxygen atoms in total. The van der Waals surface area contributed by atoms with Crippen LogP contribution in [0, 0.1) is 0 Å². The molecule has 0 spiro atoms. The van der Waals surface area contributed by atoms with Gasteiger partial charge in [0.1, 0.15) is 6.04 Å². The number of anilines is 1. The standard InChI is InChI=1S/C51H74N4O3/c1-3-5-7-9-11-13-15-17-19-21-23-25-27-29-31-33-35-40-49(56)53-44-38-37-39-48(51(58)54-47-42-45-52-46-43-47)55-50(57)41-36-34-32-30-28-26-24-22-20-18-16-14-12-10-8-6-4-2/h5-8,11-14,17-20,23-26,29-32,42-43,45-46,48H,3-4,9-10,15-16,21-22,27-28,33-41,44H2,1-2H3,(H,53,56)(H,55,57)(H,52,54,58)/b7-5?,8-6-,13-11?,14-12?,19-17-,20-18?,25-23-,26-24-,31-29-,32-30-/t48-/m0/s1. The second-order valence-corrected chi connectivity index (χ2v) is 13.9. The Morgan fingerprint density at radius 2 is 0.914 bits per heavy atom. The molecule has 0 saturated carbocycles. The summed E-state index contributed by atoms with van der Waals surface area (Å²) in [5, 5.41) is 8.83. The lowest BCUT2D eigenvalue weighted by Crippen LogP contribution is -2.43. The summed E-state index contributed by atoms with van der Waals surface area (Å²) in [6, 6.07) is 2.78. The third kappa shape index (κ3) is 34.2. The fraction of sp³-hybridized carbons (Fsp3) is 0.451. The molecule has 0 aliphatic heterocycles. The van der Waals surface area contributed by atoms with E-state index in [0.29, 0.717) is 44.3 Å². The molecule has 3 amide bonds. The highest BCUT2D eigenvalue weighted by atomic mass is 16.2. The number of allylic oxidation sites excluding steroid dienone is 20. The SMILES string of the molecule is CCC=CCC=CC/C=C\C/C=C\C/C=C\CCCC(=O)NCCCC[C@H](NC(=O)CCC/C=C\C/C=C\CC=CCC=CC/C=C\CC)C(=O)Nc1ccncc1. The van der Waals surface area contributed by atoms with Crippen LogP contribution in [0.5, 0.6) is 0 Å². The summed E-state index contributed by atoms with van der Waals surface area (Å²) in [6.45, 7) is 4.83. The Kier molecular flexibility index (Phi) is 35.3. The molecule has 0 saturated heterocycles. The molecule has 1 heterocycles. The lowest BCUT2D eigenvalue weighted by Gasteiger charge is -2.18. The van der Waals surface area contributed by atoms with E-state index in [2.05, 4.69) is 156 Å². The molecular weight excluding hydrogens is 717 g/mol. The summed E-state index contributed by atoms with van der Waals surface area (Å²) in [5.74, 6) is -0.348. The van der Waals surface area contributed by atoms with Gasteiger partial charge in [-0.3, -0.25) is 19.4 Å². The fourth-order valence-corrected chi connectivity index (χ4v) is 5.49. The Morgan fingerprint density at radius 1 is 0.517 bits per heavy atom. The number of hydrogen-bond acceptors (Lipinski definition) is 4. The van der Waals surface area contributed by atoms with Gasteiger partial charge in [0.15, 0.2) is 0 Å². The van der Waals surface area contributed by atoms with E-state index in [1.54, 1.807) is 24.5 Å². The number of amides is 3. The molecule has 1 atom stereocenters. The first-order valence-electron chi connectivity index (χ1n) is 21.8. The molecule has 58 heavy (non-hydrogen) atoms. The van der Waals surface area contributed by atoms with Crippen LogP contribution in [0.15, 0.2) is 146 Å². The molecule has 316 valence electrons. The van der Waals surface area contributed by atoms with Crippen molar-refractivity contribution in [1.82, 2.24) is 15.6 Å². The molecule has 3 N–H and O–H groups in total. The number of nitrogens with one attached hydrogen (secondary N) is 3. The maximum Gasteiger partial charge on any atom is 0.246 e. The van der Waals surface area contributed by atoms with Crippen LogP contribution in [0.3, 0.4) is 0 Å². The van der Waals surface area contributed by atoms with Crippen LogP contribution < -0.4 is 16.0 Å². The zero-order chi connectivity index (χ0) is 41.8. The molecule has 0 unspecified atom stereocenters. The van der Waals surface area contributed by atoms with Gasteiger partial charge in [0.25, 0.3) is 0 Å². The van der Waals surface area contributed by atoms with Crippen LogP contribution in [0.1, 0.15) is 136 Å². The molecule has 1 aromatic rings. The van der Waals surface area contributed by atoms with Gasteiger partial charge in [0.2, 0.25) is 17.7 Å². The molecule has 0 bridgehead atoms. The molecule has 1 rings (SSSR count). The van der Waals surface area contributed by atoms with Gasteiger partial charge in [-0.2, -0.15) is 0 Å². The molecule has 7 heteroatoms. The normalized spacial score (nSPS) is 13.1. The van der Waals surface area contributed by atoms with Gasteiger partial charge in [-0.1, -0.05) is 135 Å². The minimum Gasteiger partial charge on any atom is -0.356 e. The van der Waals surface area contributed by atoms with Gasteiger partial charge in [-0.05, 0) is 121 Å². The van der Waals surface area contributed by atoms with E-state index in [1.165, 1.54) is 0 Å². The van der Waals surface area contributed by atoms with Crippen molar-refractivity contribution in [3.05, 3.63) is 146 Å². The topological polar surface area (TPSA) is 100 Å². The van der Waals surface area contributed by atoms with Crippen molar-refractivity contribution >= 4 is 23.4 Å². The van der Waals surface area contributed by atoms with Crippen molar-refractivity contribution in [3.63, 3.8) is 0 Å². The lowest BCUT2D eigenvalue weighted by molar-refractivity contribution is -0.126. The Labute approximate surface area is 352 Å². The number of hydrogen-bond donors (Lipinski definition) is 3. The number of rotatable bonds is 34. The molecule has 0 fully saturated rings. The van der Waals surface area contributed by atoms with Crippen molar-refractivity contribution in [2.75, 3.05) is 11.9 Å². The minimum absolute atomic E-state index is 0.0418. The van der Waals surface area contributed by atoms with Crippen LogP contribution >= 0.6 is 0 Å². The molecule has 0 aliphatic rings. The average Bonchev–Trinajstić information content (AvgIpc) is 3.22. The van der Waals surface area contributed by atoms with Crippen molar-refractivity contribution in [1.29, 1.82) is 0 Å². The predicted octanol–water partition coefficient (Wildman–Crippen LogP) is 12.6. The summed E-state index contributed by atoms with van der Waals surface area (Å²) in [6.07, 6.45) is 62.5. The molecule has 0 radical (unpaired) electrons. The summed E-state index contributed by atoms with van der Waals surface area (Å²) in [5.41, 5.74) is 0.634. The van der Waals surface area contributed by atoms with Gasteiger partial charge in [-0.25, -0.2) is 0 Å². The average molecular weight is 791 g/mol. The fourth-order valence-electron chi connectivity index (χ4n) is 5.49. The van der Waals surface area contributed by atoms with E-state index in [1.807, 2.05) is 0 Å². The first-order valence-corrected chi connectivity index (χ1v) is 21.8. The van der Waals surface area contributed by atoms with E-state index >= 15 is 0 Å². The maximum absolute atomic E-state index is 13.1. The molecule has 1 aromatic heterocycles. The zero-order valence-electron chi connectivity index (χ0n) is 35.7. The van der Waals surface area contributed by atoms with Gasteiger partial charge in [0, 0.05) is 37.5 Å². The van der Waals surface area contributed by atoms with Crippen LogP contribution in [0.2, 0.25) is 0 Å². The van der Waals surface area contributed by atoms with E-state index in [0.717, 1.165) is 89.9 Å². The highest BCUT2D eigenvalue weighted by Gasteiger charge is 2.20. The van der Waals surface area contributed by atoms with Crippen molar-refractivity contribution in [2.45, 2.75) is 142 Å². The van der Waals surface area contributed by atoms with Crippen LogP contribution in [0.25, 0.3) is 0 Å². The first-order chi connectivity index (χ1) is 28.6. The predicted molar refractivity (Wildman–Crippen MR) is 248 cm³/mol. The van der Waals surface area contributed by atoms with E-state index in [4.69, 9.17) is 0 Å². The third-order valence-electron chi connectivity index (χ3n) is 8.71. The largest absolute Gasteiger partial charge is 0.356 e. The Morgan fingerprint density at radius 3 is 1.34 bits per heavy atom. The highest BCUT2D eigenvalue weighted by molar-refractivity contribution is 5.97. The van der Waals surface area contributed by atoms with E-state index in [9.17, 15) is 14.4 Å². The minimum atomic E-state index is -0.659. The van der Waals surface area contributed by atoms with Crippen molar-refractivity contribution in [2.24, 2.45) is 0 Å². The summed E-state index contributed by atoms with van der Waals surface area (Å²) in [4.78, 5) is 42.3. The summed E-state index contributed by atoms with van der Waals surface area (Å²) >= 11 is 0. The molecule has 0 aliphatic carbocycles. The summed E-state index contributed by atoms with van der Waals surface area (Å²) < 4.78 is 0. The second kappa shape index (κ2) is 40.2. The summed E-state index contributed by atoms with van der Waals surface area (Å²) in [7, 11) is 0. The van der Waals surface area contributed by atoms with Crippen molar-refractivity contribution in [3.8, 4) is 0 Å². The third-order valence-corrected chi connectivity index (χ3v) is 8.71. The Bertz CT molecular complexity index is 1490. The van der Waals surface area contributed by atoms with Gasteiger partial charge >= 0.3 is 0 Å². The molecular formula is C51H74N4O3. The Hall–Kier alpha value is -5.04. The zero-order valence-corrected chi connectivity index (χ0v) is 35.7. The second-order valence-electron chi connectivity index (χ2n) is 13.9. The van der Waals surface area contributed by atoms with Crippen LogP contribution in [-0.2, 0) is 14.4 Å². The van der Waals surface area contributed by atoms with Gasteiger partial charge < -0.3 is 16.0 Å². The van der Waals surface area contributed by atoms with E-state index < -0.39 is 6.04 Å². The number of pyridine rings is 1. The number of nitrogens with zero attached hydrogens (tertiary/aromatic N) is 1. The Balaban J connectivity index is 2.27. The van der Waals surface area contributed by atoms with Crippen LogP contribution in [-0.4, -0.2) is 35.3 Å². The first kappa shape index (κ1) is 51.0. The van der Waals surface area contributed by atoms with Gasteiger partial charge in [0.05, 0.1) is 0 Å². The lowest BCUT2D eigenvalue weighted by atomic mass is 10.1. The highest BCUT2D eigenvalue weighted by Crippen LogP contribution is 2.09. The number of aromatic nitrogens is 1. The number of carbonyl (C=O) groups excluding carboxylic acids is 3. The van der Waals surface area contributed by atoms with Crippen LogP contribution in [0.4, 0.5) is 5.69 Å². The van der Waals surface area contributed by atoms with E-state index in [-0.39, 0.29) is 17.7 Å². The monoisotopic (exact) mass is 791 g/mol. The molecule has 0 aromatic carbocycles. The van der Waals surface area contributed by atoms with Crippen molar-refractivity contribution < 1.29 is 14.4 Å². The smallest absolute Gasteiger partial charge is 0.246 e. The van der Waals surface area contributed by atoms with Gasteiger partial charge in [-0.15, -0.1) is 0 Å².